The number of aromatic nitrogens is 2. The first-order valence-corrected chi connectivity index (χ1v) is 7.30. The van der Waals surface area contributed by atoms with Crippen molar-refractivity contribution in [1.82, 2.24) is 19.8 Å². The van der Waals surface area contributed by atoms with Crippen LogP contribution < -0.4 is 0 Å². The minimum atomic E-state index is -1.23. The zero-order valence-corrected chi connectivity index (χ0v) is 14.1. The molecule has 1 aromatic rings. The smallest absolute Gasteiger partial charge is 0.273 e. The lowest BCUT2D eigenvalue weighted by Crippen LogP contribution is -2.40. The number of aliphatic hydroxyl groups is 1. The molecular formula is C16H24N4O3. The minimum Gasteiger partial charge on any atom is -0.386 e. The van der Waals surface area contributed by atoms with Gasteiger partial charge in [0.05, 0.1) is 23.9 Å². The molecule has 23 heavy (non-hydrogen) atoms. The van der Waals surface area contributed by atoms with Crippen LogP contribution in [-0.2, 0) is 4.79 Å². The number of carbonyl (C=O) groups excluding carboxylic acids is 2. The van der Waals surface area contributed by atoms with Crippen molar-refractivity contribution >= 4 is 11.8 Å². The van der Waals surface area contributed by atoms with Gasteiger partial charge in [0.25, 0.3) is 5.91 Å². The first-order valence-electron chi connectivity index (χ1n) is 7.30. The molecule has 7 heteroatoms. The Morgan fingerprint density at radius 2 is 1.87 bits per heavy atom. The van der Waals surface area contributed by atoms with E-state index in [1.807, 2.05) is 0 Å². The maximum absolute atomic E-state index is 12.2. The zero-order valence-electron chi connectivity index (χ0n) is 14.1. The molecular weight excluding hydrogens is 296 g/mol. The Hall–Kier alpha value is -2.28. The van der Waals surface area contributed by atoms with Gasteiger partial charge < -0.3 is 14.9 Å². The number of hydrogen-bond donors (Lipinski definition) is 1. The highest BCUT2D eigenvalue weighted by atomic mass is 16.3. The molecule has 126 valence electrons. The van der Waals surface area contributed by atoms with Crippen molar-refractivity contribution in [3.05, 3.63) is 36.4 Å². The van der Waals surface area contributed by atoms with Crippen LogP contribution in [0.2, 0.25) is 0 Å². The standard InChI is InChI=1S/C16H24N4O3/c1-6-16(3,23)9-14(21)19(4)7-8-20(5)15(22)13-11-17-12(2)10-18-13/h6,10-11,23H,1,7-9H2,2-5H3. The third kappa shape index (κ3) is 5.78. The molecule has 0 aliphatic heterocycles. The van der Waals surface area contributed by atoms with E-state index in [-0.39, 0.29) is 23.9 Å². The van der Waals surface area contributed by atoms with Crippen LogP contribution in [0.3, 0.4) is 0 Å². The summed E-state index contributed by atoms with van der Waals surface area (Å²) in [7, 11) is 3.27. The summed E-state index contributed by atoms with van der Waals surface area (Å²) in [6.45, 7) is 7.52. The maximum Gasteiger partial charge on any atom is 0.273 e. The Morgan fingerprint density at radius 3 is 2.39 bits per heavy atom. The van der Waals surface area contributed by atoms with Crippen molar-refractivity contribution in [3.63, 3.8) is 0 Å². The van der Waals surface area contributed by atoms with Crippen LogP contribution in [-0.4, -0.2) is 69.5 Å². The summed E-state index contributed by atoms with van der Waals surface area (Å²) < 4.78 is 0. The van der Waals surface area contributed by atoms with Crippen molar-refractivity contribution < 1.29 is 14.7 Å². The number of hydrogen-bond acceptors (Lipinski definition) is 5. The van der Waals surface area contributed by atoms with Gasteiger partial charge >= 0.3 is 0 Å². The summed E-state index contributed by atoms with van der Waals surface area (Å²) in [6, 6.07) is 0. The van der Waals surface area contributed by atoms with E-state index in [1.165, 1.54) is 35.2 Å². The van der Waals surface area contributed by atoms with Gasteiger partial charge in [-0.3, -0.25) is 14.6 Å². The van der Waals surface area contributed by atoms with Gasteiger partial charge in [0, 0.05) is 33.4 Å². The Bertz CT molecular complexity index is 569. The highest BCUT2D eigenvalue weighted by molar-refractivity contribution is 5.91. The Labute approximate surface area is 136 Å². The average Bonchev–Trinajstić information content (AvgIpc) is 2.51. The second-order valence-electron chi connectivity index (χ2n) is 5.82. The molecule has 0 bridgehead atoms. The highest BCUT2D eigenvalue weighted by Gasteiger charge is 2.23. The van der Waals surface area contributed by atoms with E-state index >= 15 is 0 Å². The van der Waals surface area contributed by atoms with E-state index in [2.05, 4.69) is 16.5 Å². The molecule has 0 saturated carbocycles. The van der Waals surface area contributed by atoms with Crippen molar-refractivity contribution in [2.45, 2.75) is 25.9 Å². The van der Waals surface area contributed by atoms with E-state index in [9.17, 15) is 14.7 Å². The number of amides is 2. The van der Waals surface area contributed by atoms with Gasteiger partial charge in [-0.2, -0.15) is 0 Å². The Morgan fingerprint density at radius 1 is 1.26 bits per heavy atom. The summed E-state index contributed by atoms with van der Waals surface area (Å²) in [5.41, 5.74) is -0.227. The summed E-state index contributed by atoms with van der Waals surface area (Å²) in [5.74, 6) is -0.470. The molecule has 0 fully saturated rings. The van der Waals surface area contributed by atoms with Crippen LogP contribution >= 0.6 is 0 Å². The lowest BCUT2D eigenvalue weighted by atomic mass is 10.0. The van der Waals surface area contributed by atoms with E-state index in [4.69, 9.17) is 0 Å². The second kappa shape index (κ2) is 7.82. The van der Waals surface area contributed by atoms with E-state index in [0.717, 1.165) is 5.69 Å². The molecule has 1 unspecified atom stereocenters. The number of aryl methyl sites for hydroxylation is 1. The van der Waals surface area contributed by atoms with Gasteiger partial charge in [-0.25, -0.2) is 4.98 Å². The lowest BCUT2D eigenvalue weighted by molar-refractivity contribution is -0.133. The van der Waals surface area contributed by atoms with Gasteiger partial charge in [-0.15, -0.1) is 6.58 Å². The van der Waals surface area contributed by atoms with Crippen molar-refractivity contribution in [3.8, 4) is 0 Å². The Kier molecular flexibility index (Phi) is 6.38. The molecule has 1 heterocycles. The molecule has 7 nitrogen and oxygen atoms in total. The largest absolute Gasteiger partial charge is 0.386 e. The van der Waals surface area contributed by atoms with Crippen LogP contribution in [0.15, 0.2) is 25.0 Å². The molecule has 1 rings (SSSR count). The minimum absolute atomic E-state index is 0.0475. The van der Waals surface area contributed by atoms with Crippen LogP contribution in [0.4, 0.5) is 0 Å². The van der Waals surface area contributed by atoms with Crippen LogP contribution in [0.25, 0.3) is 0 Å². The number of nitrogens with zero attached hydrogens (tertiary/aromatic N) is 4. The lowest BCUT2D eigenvalue weighted by Gasteiger charge is -2.25. The highest BCUT2D eigenvalue weighted by Crippen LogP contribution is 2.11. The molecule has 0 saturated heterocycles. The second-order valence-corrected chi connectivity index (χ2v) is 5.82. The van der Waals surface area contributed by atoms with Gasteiger partial charge in [0.15, 0.2) is 0 Å². The predicted molar refractivity (Wildman–Crippen MR) is 86.8 cm³/mol. The van der Waals surface area contributed by atoms with E-state index in [1.54, 1.807) is 21.0 Å². The molecule has 0 spiro atoms. The fourth-order valence-electron chi connectivity index (χ4n) is 1.74. The number of carbonyl (C=O) groups is 2. The fraction of sp³-hybridized carbons (Fsp3) is 0.500. The topological polar surface area (TPSA) is 86.6 Å². The van der Waals surface area contributed by atoms with Gasteiger partial charge in [0.2, 0.25) is 5.91 Å². The van der Waals surface area contributed by atoms with Crippen LogP contribution in [0, 0.1) is 6.92 Å². The number of likely N-dealkylation sites (N-methyl/N-ethyl adjacent to an activating group) is 2. The molecule has 0 aliphatic carbocycles. The summed E-state index contributed by atoms with van der Waals surface area (Å²) in [6.07, 6.45) is 4.26. The number of rotatable bonds is 7. The normalized spacial score (nSPS) is 13.1. The maximum atomic E-state index is 12.2. The van der Waals surface area contributed by atoms with Gasteiger partial charge in [0.1, 0.15) is 5.69 Å². The van der Waals surface area contributed by atoms with Crippen molar-refractivity contribution in [2.75, 3.05) is 27.2 Å². The molecule has 2 amide bonds. The monoisotopic (exact) mass is 320 g/mol. The predicted octanol–water partition coefficient (Wildman–Crippen LogP) is 0.643. The molecule has 0 aliphatic rings. The molecule has 0 radical (unpaired) electrons. The molecule has 1 atom stereocenters. The van der Waals surface area contributed by atoms with Crippen molar-refractivity contribution in [2.24, 2.45) is 0 Å². The zero-order chi connectivity index (χ0) is 17.6. The van der Waals surface area contributed by atoms with E-state index in [0.29, 0.717) is 13.1 Å². The summed E-state index contributed by atoms with van der Waals surface area (Å²) >= 11 is 0. The third-order valence-corrected chi connectivity index (χ3v) is 3.49. The molecule has 1 aromatic heterocycles. The average molecular weight is 320 g/mol. The summed E-state index contributed by atoms with van der Waals surface area (Å²) in [4.78, 5) is 35.2. The third-order valence-electron chi connectivity index (χ3n) is 3.49. The SMILES string of the molecule is C=CC(C)(O)CC(=O)N(C)CCN(C)C(=O)c1cnc(C)cn1. The van der Waals surface area contributed by atoms with Crippen molar-refractivity contribution in [1.29, 1.82) is 0 Å². The van der Waals surface area contributed by atoms with E-state index < -0.39 is 5.60 Å². The van der Waals surface area contributed by atoms with Crippen LogP contribution in [0.5, 0.6) is 0 Å². The molecule has 1 N–H and O–H groups in total. The van der Waals surface area contributed by atoms with Crippen LogP contribution in [0.1, 0.15) is 29.5 Å². The fourth-order valence-corrected chi connectivity index (χ4v) is 1.74. The van der Waals surface area contributed by atoms with Gasteiger partial charge in [-0.1, -0.05) is 6.08 Å². The first kappa shape index (κ1) is 18.8. The quantitative estimate of drug-likeness (QED) is 0.745. The molecule has 0 aromatic carbocycles. The first-order chi connectivity index (χ1) is 10.7. The Balaban J connectivity index is 2.53. The summed E-state index contributed by atoms with van der Waals surface area (Å²) in [5, 5.41) is 9.83. The van der Waals surface area contributed by atoms with Gasteiger partial charge in [-0.05, 0) is 13.8 Å².